The van der Waals surface area contributed by atoms with Crippen LogP contribution in [-0.2, 0) is 4.79 Å². The summed E-state index contributed by atoms with van der Waals surface area (Å²) < 4.78 is 0. The lowest BCUT2D eigenvalue weighted by Crippen LogP contribution is -2.50. The number of rotatable bonds is 5. The van der Waals surface area contributed by atoms with E-state index in [1.165, 1.54) is 12.8 Å². The van der Waals surface area contributed by atoms with Crippen LogP contribution in [0.25, 0.3) is 0 Å². The third kappa shape index (κ3) is 2.46. The van der Waals surface area contributed by atoms with E-state index in [0.29, 0.717) is 25.0 Å². The Bertz CT molecular complexity index is 302. The van der Waals surface area contributed by atoms with E-state index in [1.807, 2.05) is 6.08 Å². The van der Waals surface area contributed by atoms with Crippen LogP contribution in [0.4, 0.5) is 0 Å². The van der Waals surface area contributed by atoms with Crippen molar-refractivity contribution in [3.63, 3.8) is 0 Å². The molecule has 0 aromatic carbocycles. The van der Waals surface area contributed by atoms with Crippen LogP contribution in [0.5, 0.6) is 0 Å². The van der Waals surface area contributed by atoms with Crippen LogP contribution in [0.15, 0.2) is 12.7 Å². The maximum absolute atomic E-state index is 12.9. The first-order valence-electron chi connectivity index (χ1n) is 7.35. The van der Waals surface area contributed by atoms with Crippen molar-refractivity contribution in [1.82, 2.24) is 4.90 Å². The van der Waals surface area contributed by atoms with Gasteiger partial charge in [0.2, 0.25) is 5.91 Å². The summed E-state index contributed by atoms with van der Waals surface area (Å²) in [7, 11) is 0. The molecule has 0 unspecified atom stereocenters. The molecule has 2 aliphatic rings. The second-order valence-electron chi connectivity index (χ2n) is 5.88. The lowest BCUT2D eigenvalue weighted by atomic mass is 9.84. The number of nitrogens with zero attached hydrogens (tertiary/aromatic N) is 1. The molecular weight excluding hydrogens is 224 g/mol. The van der Waals surface area contributed by atoms with Gasteiger partial charge in [-0.15, -0.1) is 6.58 Å². The standard InChI is InChI=1S/C15H26N2O/c1-2-11-17(13-7-3-4-8-13)14(18)15(12-16)9-5-6-10-15/h2,13H,1,3-12,16H2. The fourth-order valence-corrected chi connectivity index (χ4v) is 3.61. The molecule has 0 saturated heterocycles. The van der Waals surface area contributed by atoms with E-state index in [2.05, 4.69) is 11.5 Å². The zero-order valence-electron chi connectivity index (χ0n) is 11.4. The Balaban J connectivity index is 2.13. The predicted molar refractivity (Wildman–Crippen MR) is 74.1 cm³/mol. The minimum atomic E-state index is -0.258. The fraction of sp³-hybridized carbons (Fsp3) is 0.800. The van der Waals surface area contributed by atoms with Gasteiger partial charge in [-0.3, -0.25) is 4.79 Å². The highest BCUT2D eigenvalue weighted by atomic mass is 16.2. The summed E-state index contributed by atoms with van der Waals surface area (Å²) in [6.07, 6.45) is 10.9. The lowest BCUT2D eigenvalue weighted by molar-refractivity contribution is -0.143. The van der Waals surface area contributed by atoms with Crippen LogP contribution < -0.4 is 5.73 Å². The highest BCUT2D eigenvalue weighted by molar-refractivity contribution is 5.83. The smallest absolute Gasteiger partial charge is 0.230 e. The molecule has 0 aromatic heterocycles. The minimum Gasteiger partial charge on any atom is -0.335 e. The van der Waals surface area contributed by atoms with Gasteiger partial charge in [0.1, 0.15) is 0 Å². The molecule has 2 aliphatic carbocycles. The SMILES string of the molecule is C=CCN(C(=O)C1(CN)CCCC1)C1CCCC1. The number of amides is 1. The van der Waals surface area contributed by atoms with Gasteiger partial charge in [-0.2, -0.15) is 0 Å². The van der Waals surface area contributed by atoms with Crippen molar-refractivity contribution in [1.29, 1.82) is 0 Å². The van der Waals surface area contributed by atoms with Crippen molar-refractivity contribution in [2.45, 2.75) is 57.4 Å². The van der Waals surface area contributed by atoms with Crippen LogP contribution in [0.2, 0.25) is 0 Å². The van der Waals surface area contributed by atoms with Crippen LogP contribution in [-0.4, -0.2) is 29.9 Å². The minimum absolute atomic E-state index is 0.258. The van der Waals surface area contributed by atoms with E-state index in [9.17, 15) is 4.79 Å². The number of nitrogens with two attached hydrogens (primary N) is 1. The molecule has 102 valence electrons. The molecule has 18 heavy (non-hydrogen) atoms. The molecule has 2 saturated carbocycles. The molecule has 0 aliphatic heterocycles. The van der Waals surface area contributed by atoms with Crippen molar-refractivity contribution in [2.75, 3.05) is 13.1 Å². The van der Waals surface area contributed by atoms with Crippen molar-refractivity contribution in [2.24, 2.45) is 11.1 Å². The first-order chi connectivity index (χ1) is 8.73. The van der Waals surface area contributed by atoms with Crippen molar-refractivity contribution in [3.05, 3.63) is 12.7 Å². The van der Waals surface area contributed by atoms with Gasteiger partial charge < -0.3 is 10.6 Å². The first kappa shape index (κ1) is 13.6. The molecule has 0 radical (unpaired) electrons. The van der Waals surface area contributed by atoms with Crippen molar-refractivity contribution < 1.29 is 4.79 Å². The molecule has 0 bridgehead atoms. The molecule has 2 rings (SSSR count). The summed E-state index contributed by atoms with van der Waals surface area (Å²) in [5, 5.41) is 0. The van der Waals surface area contributed by atoms with E-state index >= 15 is 0 Å². The lowest BCUT2D eigenvalue weighted by Gasteiger charge is -2.36. The van der Waals surface area contributed by atoms with Gasteiger partial charge in [0.15, 0.2) is 0 Å². The maximum Gasteiger partial charge on any atom is 0.230 e. The van der Waals surface area contributed by atoms with Gasteiger partial charge in [-0.1, -0.05) is 31.8 Å². The highest BCUT2D eigenvalue weighted by Crippen LogP contribution is 2.40. The normalized spacial score (nSPS) is 23.2. The van der Waals surface area contributed by atoms with Gasteiger partial charge in [-0.25, -0.2) is 0 Å². The Labute approximate surface area is 110 Å². The number of carbonyl (C=O) groups excluding carboxylic acids is 1. The molecular formula is C15H26N2O. The third-order valence-electron chi connectivity index (χ3n) is 4.76. The Morgan fingerprint density at radius 2 is 1.89 bits per heavy atom. The van der Waals surface area contributed by atoms with E-state index in [4.69, 9.17) is 5.73 Å². The highest BCUT2D eigenvalue weighted by Gasteiger charge is 2.43. The van der Waals surface area contributed by atoms with E-state index < -0.39 is 0 Å². The summed E-state index contributed by atoms with van der Waals surface area (Å²) in [4.78, 5) is 14.9. The molecule has 0 heterocycles. The monoisotopic (exact) mass is 250 g/mol. The molecule has 0 spiro atoms. The molecule has 0 atom stereocenters. The molecule has 2 fully saturated rings. The van der Waals surface area contributed by atoms with Gasteiger partial charge in [0.25, 0.3) is 0 Å². The fourth-order valence-electron chi connectivity index (χ4n) is 3.61. The summed E-state index contributed by atoms with van der Waals surface area (Å²) in [6, 6.07) is 0.430. The van der Waals surface area contributed by atoms with Crippen LogP contribution in [0.3, 0.4) is 0 Å². The molecule has 0 aromatic rings. The van der Waals surface area contributed by atoms with E-state index in [1.54, 1.807) is 0 Å². The summed E-state index contributed by atoms with van der Waals surface area (Å²) in [6.45, 7) is 5.00. The van der Waals surface area contributed by atoms with Gasteiger partial charge >= 0.3 is 0 Å². The van der Waals surface area contributed by atoms with Gasteiger partial charge in [-0.05, 0) is 25.7 Å². The maximum atomic E-state index is 12.9. The quantitative estimate of drug-likeness (QED) is 0.762. The van der Waals surface area contributed by atoms with Crippen LogP contribution >= 0.6 is 0 Å². The predicted octanol–water partition coefficient (Wildman–Crippen LogP) is 2.46. The number of hydrogen-bond acceptors (Lipinski definition) is 2. The van der Waals surface area contributed by atoms with Crippen LogP contribution in [0.1, 0.15) is 51.4 Å². The zero-order chi connectivity index (χ0) is 13.0. The van der Waals surface area contributed by atoms with Crippen molar-refractivity contribution >= 4 is 5.91 Å². The molecule has 3 heteroatoms. The van der Waals surface area contributed by atoms with E-state index in [0.717, 1.165) is 38.5 Å². The van der Waals surface area contributed by atoms with Gasteiger partial charge in [0.05, 0.1) is 5.41 Å². The first-order valence-corrected chi connectivity index (χ1v) is 7.35. The second-order valence-corrected chi connectivity index (χ2v) is 5.88. The zero-order valence-corrected chi connectivity index (χ0v) is 11.4. The summed E-state index contributed by atoms with van der Waals surface area (Å²) >= 11 is 0. The average Bonchev–Trinajstić information content (AvgIpc) is 3.06. The van der Waals surface area contributed by atoms with Gasteiger partial charge in [0, 0.05) is 19.1 Å². The second kappa shape index (κ2) is 5.87. The summed E-state index contributed by atoms with van der Waals surface area (Å²) in [5.74, 6) is 0.300. The number of hydrogen-bond donors (Lipinski definition) is 1. The largest absolute Gasteiger partial charge is 0.335 e. The summed E-state index contributed by atoms with van der Waals surface area (Å²) in [5.41, 5.74) is 5.67. The Kier molecular flexibility index (Phi) is 4.44. The average molecular weight is 250 g/mol. The Morgan fingerprint density at radius 1 is 1.28 bits per heavy atom. The third-order valence-corrected chi connectivity index (χ3v) is 4.76. The molecule has 1 amide bonds. The topological polar surface area (TPSA) is 46.3 Å². The Hall–Kier alpha value is -0.830. The molecule has 3 nitrogen and oxygen atoms in total. The van der Waals surface area contributed by atoms with Crippen molar-refractivity contribution in [3.8, 4) is 0 Å². The number of carbonyl (C=O) groups is 1. The molecule has 2 N–H and O–H groups in total. The van der Waals surface area contributed by atoms with E-state index in [-0.39, 0.29) is 5.41 Å². The van der Waals surface area contributed by atoms with Crippen LogP contribution in [0, 0.1) is 5.41 Å². The Morgan fingerprint density at radius 3 is 2.39 bits per heavy atom.